The fourth-order valence-electron chi connectivity index (χ4n) is 6.83. The zero-order chi connectivity index (χ0) is 34.2. The third kappa shape index (κ3) is 18.8. The Hall–Kier alpha value is -0.580. The third-order valence-corrected chi connectivity index (χ3v) is 11.7. The van der Waals surface area contributed by atoms with Crippen molar-refractivity contribution >= 4 is 13.7 Å². The van der Waals surface area contributed by atoms with Gasteiger partial charge in [-0.1, -0.05) is 163 Å². The van der Waals surface area contributed by atoms with Gasteiger partial charge in [0.15, 0.2) is 0 Å². The van der Waals surface area contributed by atoms with Crippen LogP contribution in [-0.4, -0.2) is 53.6 Å². The molecule has 0 aliphatic carbocycles. The van der Waals surface area contributed by atoms with Gasteiger partial charge in [-0.25, -0.2) is 4.57 Å². The van der Waals surface area contributed by atoms with Crippen LogP contribution in [0.5, 0.6) is 0 Å². The van der Waals surface area contributed by atoms with Crippen molar-refractivity contribution in [1.29, 1.82) is 0 Å². The summed E-state index contributed by atoms with van der Waals surface area (Å²) < 4.78 is 34.4. The van der Waals surface area contributed by atoms with E-state index in [-0.39, 0.29) is 0 Å². The Kier molecular flexibility index (Phi) is 24.0. The highest BCUT2D eigenvalue weighted by atomic mass is 31.2. The number of hydrogen-bond donors (Lipinski definition) is 0. The largest absolute Gasteiger partial charge is 0.458 e. The minimum absolute atomic E-state index is 0.519. The standard InChI is InChI=1S/C39H80N3O3P/c1-9-14-19-23-27-32-38(6,30-25-18-13-5)44-46(43,40-37-41(8)35-36-42(37)34-29-22-17-12-4)45-39(7,31-26-21-16-11-3)33-28-24-20-15-10-2/h9-36H2,1-8H3/b40-37+. The molecule has 1 rings (SSSR count). The van der Waals surface area contributed by atoms with Crippen LogP contribution in [0.1, 0.15) is 209 Å². The van der Waals surface area contributed by atoms with Crippen LogP contribution in [0.15, 0.2) is 4.76 Å². The van der Waals surface area contributed by atoms with Crippen LogP contribution in [0, 0.1) is 0 Å². The minimum atomic E-state index is -3.85. The van der Waals surface area contributed by atoms with Gasteiger partial charge in [-0.2, -0.15) is 0 Å². The molecule has 0 spiro atoms. The molecule has 1 aliphatic rings. The maximum absolute atomic E-state index is 15.4. The smallest absolute Gasteiger partial charge is 0.344 e. The van der Waals surface area contributed by atoms with E-state index in [1.54, 1.807) is 0 Å². The van der Waals surface area contributed by atoms with Crippen molar-refractivity contribution in [2.24, 2.45) is 4.76 Å². The lowest BCUT2D eigenvalue weighted by molar-refractivity contribution is -0.00364. The van der Waals surface area contributed by atoms with Crippen molar-refractivity contribution in [1.82, 2.24) is 9.80 Å². The average Bonchev–Trinajstić information content (AvgIpc) is 3.35. The zero-order valence-electron chi connectivity index (χ0n) is 32.3. The topological polar surface area (TPSA) is 54.4 Å². The molecule has 6 nitrogen and oxygen atoms in total. The monoisotopic (exact) mass is 670 g/mol. The summed E-state index contributed by atoms with van der Waals surface area (Å²) >= 11 is 0. The van der Waals surface area contributed by atoms with E-state index in [0.717, 1.165) is 96.2 Å². The van der Waals surface area contributed by atoms with Gasteiger partial charge in [0.05, 0.1) is 11.2 Å². The Morgan fingerprint density at radius 1 is 0.565 bits per heavy atom. The summed E-state index contributed by atoms with van der Waals surface area (Å²) in [7, 11) is -1.77. The molecule has 7 heteroatoms. The Bertz CT molecular complexity index is 824. The molecule has 0 aromatic carbocycles. The van der Waals surface area contributed by atoms with Crippen LogP contribution in [0.3, 0.4) is 0 Å². The normalized spacial score (nSPS) is 18.7. The van der Waals surface area contributed by atoms with Gasteiger partial charge < -0.3 is 9.80 Å². The second kappa shape index (κ2) is 25.4. The van der Waals surface area contributed by atoms with Crippen molar-refractivity contribution in [2.45, 2.75) is 220 Å². The zero-order valence-corrected chi connectivity index (χ0v) is 33.2. The average molecular weight is 670 g/mol. The van der Waals surface area contributed by atoms with Crippen molar-refractivity contribution in [3.05, 3.63) is 0 Å². The molecule has 3 atom stereocenters. The predicted octanol–water partition coefficient (Wildman–Crippen LogP) is 13.1. The van der Waals surface area contributed by atoms with E-state index < -0.39 is 18.9 Å². The third-order valence-electron chi connectivity index (χ3n) is 9.98. The summed E-state index contributed by atoms with van der Waals surface area (Å²) in [6.07, 6.45) is 28.7. The van der Waals surface area contributed by atoms with E-state index in [0.29, 0.717) is 0 Å². The molecule has 0 saturated carbocycles. The lowest BCUT2D eigenvalue weighted by atomic mass is 9.92. The Balaban J connectivity index is 3.44. The summed E-state index contributed by atoms with van der Waals surface area (Å²) in [6.45, 7) is 18.4. The van der Waals surface area contributed by atoms with Crippen LogP contribution in [0.4, 0.5) is 0 Å². The van der Waals surface area contributed by atoms with E-state index in [1.807, 2.05) is 0 Å². The molecular weight excluding hydrogens is 589 g/mol. The summed E-state index contributed by atoms with van der Waals surface area (Å²) in [5, 5.41) is 0. The molecule has 0 radical (unpaired) electrons. The molecular formula is C39H80N3O3P. The first-order chi connectivity index (χ1) is 22.1. The fraction of sp³-hybridized carbons (Fsp3) is 0.974. The van der Waals surface area contributed by atoms with Crippen LogP contribution >= 0.6 is 7.75 Å². The molecule has 3 unspecified atom stereocenters. The molecule has 1 saturated heterocycles. The van der Waals surface area contributed by atoms with Gasteiger partial charge in [0.2, 0.25) is 5.96 Å². The molecule has 46 heavy (non-hydrogen) atoms. The first-order valence-corrected chi connectivity index (χ1v) is 21.7. The Labute approximate surface area is 288 Å². The number of guanidine groups is 1. The van der Waals surface area contributed by atoms with E-state index >= 15 is 4.57 Å². The summed E-state index contributed by atoms with van der Waals surface area (Å²) in [6, 6.07) is 0. The van der Waals surface area contributed by atoms with Gasteiger partial charge in [-0.05, 0) is 46.0 Å². The highest BCUT2D eigenvalue weighted by molar-refractivity contribution is 7.52. The molecule has 274 valence electrons. The Morgan fingerprint density at radius 2 is 0.913 bits per heavy atom. The molecule has 0 aromatic rings. The number of likely N-dealkylation sites (N-methyl/N-ethyl adjacent to an activating group) is 1. The molecule has 0 bridgehead atoms. The van der Waals surface area contributed by atoms with E-state index in [9.17, 15) is 0 Å². The molecule has 0 N–H and O–H groups in total. The molecule has 0 aromatic heterocycles. The first-order valence-electron chi connectivity index (χ1n) is 20.2. The maximum Gasteiger partial charge on any atom is 0.458 e. The molecule has 1 aliphatic heterocycles. The van der Waals surface area contributed by atoms with Gasteiger partial charge in [-0.15, -0.1) is 4.76 Å². The second-order valence-corrected chi connectivity index (χ2v) is 16.5. The fourth-order valence-corrected chi connectivity index (χ4v) is 8.93. The van der Waals surface area contributed by atoms with Gasteiger partial charge >= 0.3 is 7.75 Å². The molecule has 1 heterocycles. The summed E-state index contributed by atoms with van der Waals surface area (Å²) in [5.41, 5.74) is -1.04. The predicted molar refractivity (Wildman–Crippen MR) is 202 cm³/mol. The summed E-state index contributed by atoms with van der Waals surface area (Å²) in [4.78, 5) is 4.50. The van der Waals surface area contributed by atoms with Gasteiger partial charge in [0, 0.05) is 26.7 Å². The lowest BCUT2D eigenvalue weighted by Gasteiger charge is -2.37. The number of nitrogens with zero attached hydrogens (tertiary/aromatic N) is 3. The van der Waals surface area contributed by atoms with E-state index in [2.05, 4.69) is 65.3 Å². The van der Waals surface area contributed by atoms with Crippen LogP contribution in [0.2, 0.25) is 0 Å². The molecule has 0 amide bonds. The quantitative estimate of drug-likeness (QED) is 0.0543. The first kappa shape index (κ1) is 43.4. The highest BCUT2D eigenvalue weighted by Crippen LogP contribution is 2.59. The number of rotatable bonds is 31. The van der Waals surface area contributed by atoms with Gasteiger partial charge in [0.25, 0.3) is 0 Å². The van der Waals surface area contributed by atoms with Crippen LogP contribution in [-0.2, 0) is 13.6 Å². The van der Waals surface area contributed by atoms with Crippen LogP contribution < -0.4 is 0 Å². The van der Waals surface area contributed by atoms with E-state index in [4.69, 9.17) is 13.8 Å². The Morgan fingerprint density at radius 3 is 1.35 bits per heavy atom. The highest BCUT2D eigenvalue weighted by Gasteiger charge is 2.43. The SMILES string of the molecule is CCCCCCCC(C)(CCCCC)OP(=O)(/N=C1\N(C)CCN1CCCCCC)OC(C)(CCCCCC)CCCCCCC. The minimum Gasteiger partial charge on any atom is -0.344 e. The lowest BCUT2D eigenvalue weighted by Crippen LogP contribution is -2.35. The van der Waals surface area contributed by atoms with Gasteiger partial charge in [-0.3, -0.25) is 9.05 Å². The molecule has 1 fully saturated rings. The van der Waals surface area contributed by atoms with Crippen molar-refractivity contribution in [3.63, 3.8) is 0 Å². The van der Waals surface area contributed by atoms with Gasteiger partial charge in [0.1, 0.15) is 0 Å². The van der Waals surface area contributed by atoms with E-state index in [1.165, 1.54) is 89.9 Å². The second-order valence-electron chi connectivity index (χ2n) is 15.0. The van der Waals surface area contributed by atoms with Crippen LogP contribution in [0.25, 0.3) is 0 Å². The number of hydrogen-bond acceptors (Lipinski definition) is 3. The van der Waals surface area contributed by atoms with Crippen molar-refractivity contribution < 1.29 is 13.6 Å². The van der Waals surface area contributed by atoms with Crippen molar-refractivity contribution in [3.8, 4) is 0 Å². The van der Waals surface area contributed by atoms with Crippen molar-refractivity contribution in [2.75, 3.05) is 26.7 Å². The maximum atomic E-state index is 15.4. The summed E-state index contributed by atoms with van der Waals surface area (Å²) in [5.74, 6) is 0.801. The number of unbranched alkanes of at least 4 members (excludes halogenated alkanes) is 16.